The summed E-state index contributed by atoms with van der Waals surface area (Å²) in [6.07, 6.45) is 4.91. The molecule has 0 atom stereocenters. The van der Waals surface area contributed by atoms with Gasteiger partial charge in [0.2, 0.25) is 5.91 Å². The lowest BCUT2D eigenvalue weighted by Crippen LogP contribution is -2.35. The van der Waals surface area contributed by atoms with Crippen molar-refractivity contribution >= 4 is 11.9 Å². The van der Waals surface area contributed by atoms with Crippen molar-refractivity contribution in [3.63, 3.8) is 0 Å². The van der Waals surface area contributed by atoms with Crippen LogP contribution in [0.5, 0.6) is 0 Å². The van der Waals surface area contributed by atoms with Gasteiger partial charge in [-0.3, -0.25) is 9.59 Å². The van der Waals surface area contributed by atoms with E-state index in [0.29, 0.717) is 19.5 Å². The first-order chi connectivity index (χ1) is 8.61. The minimum absolute atomic E-state index is 0.0597. The number of hydrogen-bond donors (Lipinski definition) is 1. The summed E-state index contributed by atoms with van der Waals surface area (Å²) < 4.78 is 4.55. The number of nitrogens with zero attached hydrogens (tertiary/aromatic N) is 1. The number of rotatable bonds is 10. The number of methoxy groups -OCH3 is 1. The van der Waals surface area contributed by atoms with Crippen LogP contribution in [-0.2, 0) is 14.3 Å². The summed E-state index contributed by atoms with van der Waals surface area (Å²) in [5, 5.41) is 3.08. The van der Waals surface area contributed by atoms with Crippen LogP contribution in [-0.4, -0.2) is 50.6 Å². The van der Waals surface area contributed by atoms with Crippen molar-refractivity contribution in [2.24, 2.45) is 0 Å². The number of nitrogens with one attached hydrogen (secondary N) is 1. The maximum Gasteiger partial charge on any atom is 0.305 e. The summed E-state index contributed by atoms with van der Waals surface area (Å²) in [6, 6.07) is 0. The number of unbranched alkanes of at least 4 members (excludes halogenated alkanes) is 2. The number of hydrogen-bond acceptors (Lipinski definition) is 4. The molecule has 104 valence electrons. The molecule has 0 heterocycles. The van der Waals surface area contributed by atoms with Gasteiger partial charge >= 0.3 is 5.97 Å². The van der Waals surface area contributed by atoms with E-state index in [1.54, 1.807) is 18.0 Å². The molecule has 5 heteroatoms. The summed E-state index contributed by atoms with van der Waals surface area (Å²) in [7, 11) is 3.15. The Bertz CT molecular complexity index is 267. The maximum atomic E-state index is 11.5. The Morgan fingerprint density at radius 3 is 2.67 bits per heavy atom. The van der Waals surface area contributed by atoms with Crippen LogP contribution >= 0.6 is 0 Å². The Hall–Kier alpha value is -1.36. The minimum atomic E-state index is -0.163. The van der Waals surface area contributed by atoms with E-state index in [2.05, 4.69) is 16.6 Å². The van der Waals surface area contributed by atoms with E-state index in [1.165, 1.54) is 7.11 Å². The molecule has 18 heavy (non-hydrogen) atoms. The first kappa shape index (κ1) is 16.6. The molecule has 0 rings (SSSR count). The molecule has 0 saturated heterocycles. The van der Waals surface area contributed by atoms with Crippen LogP contribution < -0.4 is 5.32 Å². The fraction of sp³-hybridized carbons (Fsp3) is 0.692. The molecule has 0 aromatic rings. The average molecular weight is 256 g/mol. The van der Waals surface area contributed by atoms with Crippen molar-refractivity contribution in [3.8, 4) is 0 Å². The number of carbonyl (C=O) groups excluding carboxylic acids is 2. The molecule has 1 N–H and O–H groups in total. The number of carbonyl (C=O) groups is 2. The second-order valence-electron chi connectivity index (χ2n) is 4.13. The molecule has 1 amide bonds. The van der Waals surface area contributed by atoms with Crippen LogP contribution in [0, 0.1) is 0 Å². The molecule has 0 aliphatic heterocycles. The van der Waals surface area contributed by atoms with E-state index in [-0.39, 0.29) is 11.9 Å². The highest BCUT2D eigenvalue weighted by molar-refractivity contribution is 5.78. The molecule has 0 aromatic heterocycles. The quantitative estimate of drug-likeness (QED) is 0.359. The van der Waals surface area contributed by atoms with Gasteiger partial charge in [-0.05, 0) is 19.4 Å². The lowest BCUT2D eigenvalue weighted by Gasteiger charge is -2.15. The van der Waals surface area contributed by atoms with Crippen molar-refractivity contribution in [3.05, 3.63) is 12.7 Å². The van der Waals surface area contributed by atoms with Gasteiger partial charge in [-0.15, -0.1) is 6.58 Å². The second kappa shape index (κ2) is 10.8. The molecule has 0 saturated carbocycles. The van der Waals surface area contributed by atoms with Gasteiger partial charge in [0.05, 0.1) is 13.7 Å². The van der Waals surface area contributed by atoms with Crippen molar-refractivity contribution < 1.29 is 14.3 Å². The van der Waals surface area contributed by atoms with Crippen LogP contribution in [0.25, 0.3) is 0 Å². The molecular formula is C13H24N2O3. The van der Waals surface area contributed by atoms with Crippen molar-refractivity contribution in [1.29, 1.82) is 0 Å². The van der Waals surface area contributed by atoms with Gasteiger partial charge in [0.1, 0.15) is 0 Å². The predicted octanol–water partition coefficient (Wildman–Crippen LogP) is 0.954. The zero-order valence-electron chi connectivity index (χ0n) is 11.4. The van der Waals surface area contributed by atoms with Crippen LogP contribution in [0.4, 0.5) is 0 Å². The molecule has 0 aliphatic rings. The van der Waals surface area contributed by atoms with Crippen molar-refractivity contribution in [1.82, 2.24) is 10.2 Å². The molecule has 0 bridgehead atoms. The summed E-state index contributed by atoms with van der Waals surface area (Å²) in [5.41, 5.74) is 0. The van der Waals surface area contributed by atoms with Gasteiger partial charge < -0.3 is 15.0 Å². The number of ether oxygens (including phenoxy) is 1. The first-order valence-electron chi connectivity index (χ1n) is 6.24. The van der Waals surface area contributed by atoms with E-state index in [9.17, 15) is 9.59 Å². The van der Waals surface area contributed by atoms with E-state index in [4.69, 9.17) is 0 Å². The van der Waals surface area contributed by atoms with Gasteiger partial charge in [0, 0.05) is 20.0 Å². The smallest absolute Gasteiger partial charge is 0.305 e. The average Bonchev–Trinajstić information content (AvgIpc) is 2.37. The lowest BCUT2D eigenvalue weighted by atomic mass is 10.2. The molecule has 5 nitrogen and oxygen atoms in total. The topological polar surface area (TPSA) is 58.6 Å². The van der Waals surface area contributed by atoms with E-state index < -0.39 is 0 Å². The summed E-state index contributed by atoms with van der Waals surface area (Å²) >= 11 is 0. The Morgan fingerprint density at radius 1 is 1.33 bits per heavy atom. The van der Waals surface area contributed by atoms with Crippen LogP contribution in [0.2, 0.25) is 0 Å². The maximum absolute atomic E-state index is 11.5. The number of likely N-dealkylation sites (N-methyl/N-ethyl adjacent to an activating group) is 1. The highest BCUT2D eigenvalue weighted by atomic mass is 16.5. The second-order valence-corrected chi connectivity index (χ2v) is 4.13. The van der Waals surface area contributed by atoms with Gasteiger partial charge in [0.25, 0.3) is 0 Å². The molecule has 0 spiro atoms. The third kappa shape index (κ3) is 8.75. The molecule has 0 fully saturated rings. The van der Waals surface area contributed by atoms with Gasteiger partial charge in [-0.1, -0.05) is 12.5 Å². The van der Waals surface area contributed by atoms with E-state index in [0.717, 1.165) is 25.8 Å². The van der Waals surface area contributed by atoms with Crippen molar-refractivity contribution in [2.75, 3.05) is 33.8 Å². The van der Waals surface area contributed by atoms with Gasteiger partial charge in [-0.2, -0.15) is 0 Å². The molecular weight excluding hydrogens is 232 g/mol. The Kier molecular flexibility index (Phi) is 9.96. The highest BCUT2D eigenvalue weighted by Crippen LogP contribution is 1.99. The minimum Gasteiger partial charge on any atom is -0.469 e. The third-order valence-corrected chi connectivity index (χ3v) is 2.57. The predicted molar refractivity (Wildman–Crippen MR) is 71.2 cm³/mol. The molecule has 0 radical (unpaired) electrons. The fourth-order valence-electron chi connectivity index (χ4n) is 1.42. The Labute approximate surface area is 109 Å². The molecule has 0 aliphatic carbocycles. The van der Waals surface area contributed by atoms with E-state index >= 15 is 0 Å². The lowest BCUT2D eigenvalue weighted by molar-refractivity contribution is -0.140. The highest BCUT2D eigenvalue weighted by Gasteiger charge is 2.05. The Morgan fingerprint density at radius 2 is 2.06 bits per heavy atom. The standard InChI is InChI=1S/C13H24N2O3/c1-4-10-15(2)12(16)11-14-9-7-5-6-8-13(17)18-3/h4,14H,1,5-11H2,2-3H3. The molecule has 0 aromatic carbocycles. The summed E-state index contributed by atoms with van der Waals surface area (Å²) in [4.78, 5) is 24.0. The fourth-order valence-corrected chi connectivity index (χ4v) is 1.42. The van der Waals surface area contributed by atoms with E-state index in [1.807, 2.05) is 0 Å². The monoisotopic (exact) mass is 256 g/mol. The zero-order valence-corrected chi connectivity index (χ0v) is 11.4. The van der Waals surface area contributed by atoms with Crippen LogP contribution in [0.3, 0.4) is 0 Å². The van der Waals surface area contributed by atoms with Gasteiger partial charge in [0.15, 0.2) is 0 Å². The summed E-state index contributed by atoms with van der Waals surface area (Å²) in [6.45, 7) is 5.29. The number of esters is 1. The SMILES string of the molecule is C=CCN(C)C(=O)CNCCCCCC(=O)OC. The Balaban J connectivity index is 3.37. The third-order valence-electron chi connectivity index (χ3n) is 2.57. The van der Waals surface area contributed by atoms with Crippen LogP contribution in [0.15, 0.2) is 12.7 Å². The van der Waals surface area contributed by atoms with Crippen molar-refractivity contribution in [2.45, 2.75) is 25.7 Å². The molecule has 0 unspecified atom stereocenters. The normalized spacial score (nSPS) is 9.89. The van der Waals surface area contributed by atoms with Crippen LogP contribution in [0.1, 0.15) is 25.7 Å². The zero-order chi connectivity index (χ0) is 13.8. The number of amides is 1. The first-order valence-corrected chi connectivity index (χ1v) is 6.24. The summed E-state index contributed by atoms with van der Waals surface area (Å²) in [5.74, 6) is -0.103. The van der Waals surface area contributed by atoms with Gasteiger partial charge in [-0.25, -0.2) is 0 Å². The largest absolute Gasteiger partial charge is 0.469 e.